The van der Waals surface area contributed by atoms with Gasteiger partial charge in [-0.1, -0.05) is 0 Å². The molecular formula is C13H10BrNO2S. The van der Waals surface area contributed by atoms with Crippen LogP contribution in [0, 0.1) is 6.92 Å². The lowest BCUT2D eigenvalue weighted by Crippen LogP contribution is -2.06. The van der Waals surface area contributed by atoms with Gasteiger partial charge in [-0.05, 0) is 40.5 Å². The van der Waals surface area contributed by atoms with E-state index in [2.05, 4.69) is 20.9 Å². The van der Waals surface area contributed by atoms with Gasteiger partial charge in [0, 0.05) is 16.2 Å². The summed E-state index contributed by atoms with van der Waals surface area (Å²) >= 11 is 5.04. The lowest BCUT2D eigenvalue weighted by Gasteiger charge is -2.07. The van der Waals surface area contributed by atoms with Crippen molar-refractivity contribution < 1.29 is 4.74 Å². The molecule has 0 aliphatic carbocycles. The first-order valence-electron chi connectivity index (χ1n) is 5.39. The van der Waals surface area contributed by atoms with E-state index in [4.69, 9.17) is 4.74 Å². The van der Waals surface area contributed by atoms with Gasteiger partial charge in [0.15, 0.2) is 0 Å². The molecule has 1 N–H and O–H groups in total. The number of halogens is 1. The molecule has 0 aliphatic heterocycles. The molecule has 0 radical (unpaired) electrons. The molecule has 3 aromatic rings. The van der Waals surface area contributed by atoms with Crippen LogP contribution < -0.4 is 10.3 Å². The molecule has 0 saturated heterocycles. The van der Waals surface area contributed by atoms with Gasteiger partial charge in [-0.3, -0.25) is 4.79 Å². The first-order chi connectivity index (χ1) is 8.61. The fourth-order valence-electron chi connectivity index (χ4n) is 2.17. The topological polar surface area (TPSA) is 42.1 Å². The molecule has 3 rings (SSSR count). The number of fused-ring (bicyclic) bond motifs is 3. The number of rotatable bonds is 1. The van der Waals surface area contributed by atoms with Crippen LogP contribution in [-0.2, 0) is 0 Å². The van der Waals surface area contributed by atoms with Gasteiger partial charge in [-0.15, -0.1) is 11.3 Å². The number of aromatic amines is 1. The fraction of sp³-hybridized carbons (Fsp3) is 0.154. The Kier molecular flexibility index (Phi) is 2.68. The van der Waals surface area contributed by atoms with Gasteiger partial charge in [0.2, 0.25) is 0 Å². The van der Waals surface area contributed by atoms with Crippen molar-refractivity contribution >= 4 is 48.9 Å². The van der Waals surface area contributed by atoms with Crippen LogP contribution in [0.4, 0.5) is 0 Å². The van der Waals surface area contributed by atoms with Crippen LogP contribution in [0.1, 0.15) is 5.56 Å². The molecule has 0 fully saturated rings. The number of aryl methyl sites for hydroxylation is 1. The average Bonchev–Trinajstić information content (AvgIpc) is 2.74. The molecule has 1 aromatic carbocycles. The van der Waals surface area contributed by atoms with Crippen molar-refractivity contribution in [3.63, 3.8) is 0 Å². The molecule has 3 nitrogen and oxygen atoms in total. The summed E-state index contributed by atoms with van der Waals surface area (Å²) in [6.07, 6.45) is 0. The van der Waals surface area contributed by atoms with E-state index in [9.17, 15) is 4.79 Å². The van der Waals surface area contributed by atoms with E-state index in [1.165, 1.54) is 11.3 Å². The third-order valence-corrected chi connectivity index (χ3v) is 4.77. The molecule has 0 atom stereocenters. The van der Waals surface area contributed by atoms with E-state index in [0.29, 0.717) is 5.39 Å². The first-order valence-corrected chi connectivity index (χ1v) is 7.06. The van der Waals surface area contributed by atoms with Gasteiger partial charge in [-0.2, -0.15) is 0 Å². The second-order valence-electron chi connectivity index (χ2n) is 4.12. The summed E-state index contributed by atoms with van der Waals surface area (Å²) < 4.78 is 6.27. The Bertz CT molecular complexity index is 819. The maximum Gasteiger partial charge on any atom is 0.257 e. The Balaban J connectivity index is 2.63. The quantitative estimate of drug-likeness (QED) is 0.739. The van der Waals surface area contributed by atoms with Crippen molar-refractivity contribution in [1.82, 2.24) is 4.98 Å². The van der Waals surface area contributed by atoms with Gasteiger partial charge in [0.05, 0.1) is 21.8 Å². The smallest absolute Gasteiger partial charge is 0.257 e. The number of benzene rings is 1. The Labute approximate surface area is 116 Å². The van der Waals surface area contributed by atoms with Gasteiger partial charge < -0.3 is 9.72 Å². The number of nitrogens with one attached hydrogen (secondary N) is 1. The van der Waals surface area contributed by atoms with Crippen molar-refractivity contribution in [1.29, 1.82) is 0 Å². The van der Waals surface area contributed by atoms with Gasteiger partial charge in [0.25, 0.3) is 5.56 Å². The summed E-state index contributed by atoms with van der Waals surface area (Å²) in [7, 11) is 1.64. The number of ether oxygens (including phenoxy) is 1. The molecule has 2 aromatic heterocycles. The van der Waals surface area contributed by atoms with E-state index in [1.807, 2.05) is 24.4 Å². The van der Waals surface area contributed by atoms with Crippen molar-refractivity contribution in [2.24, 2.45) is 0 Å². The molecule has 0 bridgehead atoms. The largest absolute Gasteiger partial charge is 0.497 e. The monoisotopic (exact) mass is 323 g/mol. The highest BCUT2D eigenvalue weighted by Gasteiger charge is 2.12. The predicted molar refractivity (Wildman–Crippen MR) is 78.9 cm³/mol. The number of H-pyrrole nitrogens is 1. The number of hydrogen-bond acceptors (Lipinski definition) is 3. The summed E-state index contributed by atoms with van der Waals surface area (Å²) in [5.74, 6) is 0.798. The Morgan fingerprint density at radius 2 is 2.11 bits per heavy atom. The zero-order chi connectivity index (χ0) is 12.9. The van der Waals surface area contributed by atoms with Gasteiger partial charge in [-0.25, -0.2) is 0 Å². The summed E-state index contributed by atoms with van der Waals surface area (Å²) in [6, 6.07) is 3.88. The summed E-state index contributed by atoms with van der Waals surface area (Å²) in [5, 5.41) is 4.55. The highest BCUT2D eigenvalue weighted by molar-refractivity contribution is 9.11. The number of thiophene rings is 1. The second-order valence-corrected chi connectivity index (χ2v) is 6.32. The number of hydrogen-bond donors (Lipinski definition) is 1. The normalized spacial score (nSPS) is 11.3. The average molecular weight is 324 g/mol. The van der Waals surface area contributed by atoms with E-state index in [0.717, 1.165) is 31.4 Å². The minimum atomic E-state index is -0.0484. The predicted octanol–water partition coefficient (Wildman–Crippen LogP) is 3.82. The minimum absolute atomic E-state index is 0.0484. The molecule has 2 heterocycles. The number of aromatic nitrogens is 1. The lowest BCUT2D eigenvalue weighted by atomic mass is 10.1. The lowest BCUT2D eigenvalue weighted by molar-refractivity contribution is 0.415. The van der Waals surface area contributed by atoms with E-state index in [1.54, 1.807) is 7.11 Å². The van der Waals surface area contributed by atoms with Crippen LogP contribution in [0.25, 0.3) is 21.7 Å². The molecule has 0 amide bonds. The second kappa shape index (κ2) is 4.10. The summed E-state index contributed by atoms with van der Waals surface area (Å²) in [5.41, 5.74) is 1.82. The fourth-order valence-corrected chi connectivity index (χ4v) is 3.66. The highest BCUT2D eigenvalue weighted by atomic mass is 79.9. The van der Waals surface area contributed by atoms with Gasteiger partial charge >= 0.3 is 0 Å². The molecular weight excluding hydrogens is 314 g/mol. The standard InChI is InChI=1S/C13H10BrNO2S/c1-6-3-7(17-2)4-8-10-9(5-18-12(10)14)13(16)15-11(6)8/h3-5H,1-2H3,(H,15,16). The summed E-state index contributed by atoms with van der Waals surface area (Å²) in [4.78, 5) is 15.0. The molecule has 18 heavy (non-hydrogen) atoms. The molecule has 5 heteroatoms. The molecule has 92 valence electrons. The van der Waals surface area contributed by atoms with Crippen molar-refractivity contribution in [2.75, 3.05) is 7.11 Å². The highest BCUT2D eigenvalue weighted by Crippen LogP contribution is 2.36. The van der Waals surface area contributed by atoms with Crippen LogP contribution in [0.2, 0.25) is 0 Å². The van der Waals surface area contributed by atoms with Crippen LogP contribution in [-0.4, -0.2) is 12.1 Å². The molecule has 0 unspecified atom stereocenters. The van der Waals surface area contributed by atoms with Crippen LogP contribution in [0.5, 0.6) is 5.75 Å². The Morgan fingerprint density at radius 1 is 1.33 bits per heavy atom. The zero-order valence-corrected chi connectivity index (χ0v) is 12.2. The Morgan fingerprint density at radius 3 is 2.83 bits per heavy atom. The third kappa shape index (κ3) is 1.58. The van der Waals surface area contributed by atoms with Gasteiger partial charge in [0.1, 0.15) is 5.75 Å². The first kappa shape index (κ1) is 11.7. The number of methoxy groups -OCH3 is 1. The van der Waals surface area contributed by atoms with Crippen molar-refractivity contribution in [2.45, 2.75) is 6.92 Å². The van der Waals surface area contributed by atoms with Crippen LogP contribution in [0.15, 0.2) is 26.1 Å². The molecule has 0 aliphatic rings. The van der Waals surface area contributed by atoms with E-state index in [-0.39, 0.29) is 5.56 Å². The van der Waals surface area contributed by atoms with Crippen molar-refractivity contribution in [3.8, 4) is 5.75 Å². The molecule has 0 spiro atoms. The minimum Gasteiger partial charge on any atom is -0.497 e. The van der Waals surface area contributed by atoms with Crippen LogP contribution in [0.3, 0.4) is 0 Å². The van der Waals surface area contributed by atoms with Crippen molar-refractivity contribution in [3.05, 3.63) is 37.2 Å². The third-order valence-electron chi connectivity index (χ3n) is 3.04. The van der Waals surface area contributed by atoms with Crippen LogP contribution >= 0.6 is 27.3 Å². The molecule has 0 saturated carbocycles. The maximum absolute atomic E-state index is 12.0. The van der Waals surface area contributed by atoms with E-state index >= 15 is 0 Å². The zero-order valence-electron chi connectivity index (χ0n) is 9.83. The number of pyridine rings is 1. The van der Waals surface area contributed by atoms with E-state index < -0.39 is 0 Å². The maximum atomic E-state index is 12.0. The summed E-state index contributed by atoms with van der Waals surface area (Å²) in [6.45, 7) is 1.97. The SMILES string of the molecule is COc1cc(C)c2[nH]c(=O)c3csc(Br)c3c2c1. The Hall–Kier alpha value is -1.33.